The Bertz CT molecular complexity index is 4620. The molecule has 0 atom stereocenters. The minimum atomic E-state index is -0.0913. The molecular formula is C63H46N4. The predicted octanol–water partition coefficient (Wildman–Crippen LogP) is 17.0. The Hall–Kier alpha value is -7.95. The summed E-state index contributed by atoms with van der Waals surface area (Å²) in [5, 5.41) is 17.8. The fourth-order valence-corrected chi connectivity index (χ4v) is 12.2. The van der Waals surface area contributed by atoms with E-state index in [0.29, 0.717) is 0 Å². The number of nitrogens with zero attached hydrogens (tertiary/aromatic N) is 4. The number of rotatable bonds is 2. The van der Waals surface area contributed by atoms with Gasteiger partial charge >= 0.3 is 0 Å². The Morgan fingerprint density at radius 2 is 0.970 bits per heavy atom. The lowest BCUT2D eigenvalue weighted by atomic mass is 9.84. The first-order valence-electron chi connectivity index (χ1n) is 23.7. The van der Waals surface area contributed by atoms with E-state index in [9.17, 15) is 0 Å². The van der Waals surface area contributed by atoms with Gasteiger partial charge in [0.25, 0.3) is 0 Å². The van der Waals surface area contributed by atoms with Gasteiger partial charge in [-0.3, -0.25) is 4.40 Å². The van der Waals surface area contributed by atoms with Crippen molar-refractivity contribution >= 4 is 120 Å². The van der Waals surface area contributed by atoms with Crippen LogP contribution in [0.5, 0.6) is 0 Å². The van der Waals surface area contributed by atoms with Crippen molar-refractivity contribution < 1.29 is 0 Å². The van der Waals surface area contributed by atoms with E-state index in [-0.39, 0.29) is 10.8 Å². The predicted molar refractivity (Wildman–Crippen MR) is 286 cm³/mol. The van der Waals surface area contributed by atoms with Crippen LogP contribution in [-0.2, 0) is 10.8 Å². The van der Waals surface area contributed by atoms with Crippen molar-refractivity contribution in [3.8, 4) is 16.8 Å². The Morgan fingerprint density at radius 3 is 1.72 bits per heavy atom. The number of hydrogen-bond acceptors (Lipinski definition) is 1. The zero-order valence-corrected chi connectivity index (χ0v) is 38.5. The summed E-state index contributed by atoms with van der Waals surface area (Å²) in [6, 6.07) is 61.7. The molecule has 0 fully saturated rings. The van der Waals surface area contributed by atoms with E-state index in [2.05, 4.69) is 225 Å². The fourth-order valence-electron chi connectivity index (χ4n) is 12.2. The van der Waals surface area contributed by atoms with Crippen molar-refractivity contribution in [3.05, 3.63) is 181 Å². The molecule has 0 saturated carbocycles. The summed E-state index contributed by atoms with van der Waals surface area (Å²) in [6.45, 7) is 14.0. The molecule has 0 saturated heterocycles. The second kappa shape index (κ2) is 12.5. The lowest BCUT2D eigenvalue weighted by Gasteiger charge is -2.19. The van der Waals surface area contributed by atoms with E-state index >= 15 is 0 Å². The first-order chi connectivity index (χ1) is 32.5. The maximum absolute atomic E-state index is 5.59. The van der Waals surface area contributed by atoms with Crippen LogP contribution in [0.4, 0.5) is 0 Å². The maximum Gasteiger partial charge on any atom is 0.146 e. The molecule has 0 aliphatic carbocycles. The van der Waals surface area contributed by atoms with Gasteiger partial charge in [-0.05, 0) is 116 Å². The quantitative estimate of drug-likeness (QED) is 0.170. The second-order valence-electron chi connectivity index (χ2n) is 21.2. The van der Waals surface area contributed by atoms with E-state index in [1.54, 1.807) is 0 Å². The first-order valence-corrected chi connectivity index (χ1v) is 23.7. The minimum absolute atomic E-state index is 0.0216. The summed E-state index contributed by atoms with van der Waals surface area (Å²) >= 11 is 0. The lowest BCUT2D eigenvalue weighted by molar-refractivity contribution is 0.591. The number of para-hydroxylation sites is 2. The maximum atomic E-state index is 5.59. The van der Waals surface area contributed by atoms with Crippen molar-refractivity contribution in [2.45, 2.75) is 52.4 Å². The molecule has 15 aromatic rings. The minimum Gasteiger partial charge on any atom is -0.309 e. The average Bonchev–Trinajstić information content (AvgIpc) is 4.13. The van der Waals surface area contributed by atoms with Gasteiger partial charge in [0, 0.05) is 65.1 Å². The first kappa shape index (κ1) is 37.3. The molecule has 67 heavy (non-hydrogen) atoms. The van der Waals surface area contributed by atoms with Crippen LogP contribution >= 0.6 is 0 Å². The van der Waals surface area contributed by atoms with Gasteiger partial charge < -0.3 is 8.97 Å². The summed E-state index contributed by atoms with van der Waals surface area (Å²) in [5.74, 6) is 0. The Morgan fingerprint density at radius 1 is 0.373 bits per heavy atom. The van der Waals surface area contributed by atoms with E-state index in [1.807, 2.05) is 0 Å². The summed E-state index contributed by atoms with van der Waals surface area (Å²) in [7, 11) is 0. The third-order valence-electron chi connectivity index (χ3n) is 15.4. The van der Waals surface area contributed by atoms with Crippen LogP contribution in [0.1, 0.15) is 52.7 Å². The second-order valence-corrected chi connectivity index (χ2v) is 21.2. The van der Waals surface area contributed by atoms with Crippen molar-refractivity contribution in [2.75, 3.05) is 0 Å². The van der Waals surface area contributed by atoms with Crippen molar-refractivity contribution in [1.82, 2.24) is 18.4 Å². The highest BCUT2D eigenvalue weighted by Crippen LogP contribution is 2.51. The highest BCUT2D eigenvalue weighted by molar-refractivity contribution is 6.39. The Balaban J connectivity index is 1.14. The van der Waals surface area contributed by atoms with Gasteiger partial charge in [0.2, 0.25) is 0 Å². The van der Waals surface area contributed by atoms with E-state index in [1.165, 1.54) is 131 Å². The summed E-state index contributed by atoms with van der Waals surface area (Å²) < 4.78 is 7.48. The molecule has 4 nitrogen and oxygen atoms in total. The SMILES string of the molecule is CC(C)(C)c1ccc2c(c1)c1c3ccccc3cc3c4c5c6cc(C(C)(C)C)cc7c8c9ccccc9cc(-c9ccc%10c(c9)c9ccccc9n%10-c9ccccc9)c8n(c5cnc4n2c31)c67. The largest absolute Gasteiger partial charge is 0.309 e. The topological polar surface area (TPSA) is 26.6 Å². The summed E-state index contributed by atoms with van der Waals surface area (Å²) in [6.07, 6.45) is 2.19. The van der Waals surface area contributed by atoms with Gasteiger partial charge in [0.05, 0.1) is 44.8 Å². The molecule has 6 aromatic heterocycles. The molecule has 6 heterocycles. The van der Waals surface area contributed by atoms with Crippen LogP contribution < -0.4 is 0 Å². The van der Waals surface area contributed by atoms with Gasteiger partial charge in [-0.2, -0.15) is 0 Å². The van der Waals surface area contributed by atoms with Crippen LogP contribution in [0.3, 0.4) is 0 Å². The molecule has 9 aromatic carbocycles. The van der Waals surface area contributed by atoms with Crippen molar-refractivity contribution in [1.29, 1.82) is 0 Å². The molecule has 0 bridgehead atoms. The highest BCUT2D eigenvalue weighted by atomic mass is 15.0. The standard InChI is InChI=1S/C63H46N4/c1-62(2,3)38-25-27-52-46(31-38)54-41-20-12-11-17-36(41)30-47-57-56-49-33-39(63(4,5)6)32-48-55-42-21-13-10-16-35(42)28-44(59(55)66(58(48)49)53(56)34-64-61(57)67(52)60(47)54)37-24-26-51-45(29-37)43-22-14-15-23-50(43)65(51)40-18-8-7-9-19-40/h7-34H,1-6H3. The molecular weight excluding hydrogens is 813 g/mol. The number of benzene rings is 9. The summed E-state index contributed by atoms with van der Waals surface area (Å²) in [4.78, 5) is 5.59. The van der Waals surface area contributed by atoms with Gasteiger partial charge in [-0.25, -0.2) is 4.98 Å². The molecule has 0 unspecified atom stereocenters. The third-order valence-corrected chi connectivity index (χ3v) is 15.4. The van der Waals surface area contributed by atoms with Gasteiger partial charge in [0.15, 0.2) is 0 Å². The van der Waals surface area contributed by atoms with Crippen LogP contribution in [0.25, 0.3) is 136 Å². The molecule has 0 aliphatic heterocycles. The normalized spacial score (nSPS) is 13.2. The molecule has 318 valence electrons. The zero-order valence-electron chi connectivity index (χ0n) is 38.5. The van der Waals surface area contributed by atoms with E-state index in [4.69, 9.17) is 4.98 Å². The fraction of sp³-hybridized carbons (Fsp3) is 0.127. The van der Waals surface area contributed by atoms with Crippen molar-refractivity contribution in [2.24, 2.45) is 0 Å². The molecule has 4 heteroatoms. The monoisotopic (exact) mass is 858 g/mol. The third kappa shape index (κ3) is 4.74. The van der Waals surface area contributed by atoms with E-state index in [0.717, 1.165) is 16.9 Å². The van der Waals surface area contributed by atoms with Gasteiger partial charge in [-0.1, -0.05) is 139 Å². The van der Waals surface area contributed by atoms with Crippen LogP contribution in [0.15, 0.2) is 170 Å². The number of pyridine rings is 1. The molecule has 0 amide bonds. The molecule has 0 aliphatic rings. The zero-order chi connectivity index (χ0) is 44.8. The van der Waals surface area contributed by atoms with E-state index < -0.39 is 0 Å². The van der Waals surface area contributed by atoms with Crippen LogP contribution in [-0.4, -0.2) is 18.4 Å². The number of aromatic nitrogens is 4. The number of fused-ring (bicyclic) bond motifs is 20. The number of hydrogen-bond donors (Lipinski definition) is 0. The van der Waals surface area contributed by atoms with Crippen molar-refractivity contribution in [3.63, 3.8) is 0 Å². The highest BCUT2D eigenvalue weighted by Gasteiger charge is 2.30. The Kier molecular flexibility index (Phi) is 6.94. The average molecular weight is 859 g/mol. The van der Waals surface area contributed by atoms with Crippen LogP contribution in [0.2, 0.25) is 0 Å². The Labute approximate surface area is 386 Å². The summed E-state index contributed by atoms with van der Waals surface area (Å²) in [5.41, 5.74) is 15.7. The lowest BCUT2D eigenvalue weighted by Crippen LogP contribution is -2.10. The molecule has 0 N–H and O–H groups in total. The van der Waals surface area contributed by atoms with Gasteiger partial charge in [-0.15, -0.1) is 0 Å². The smallest absolute Gasteiger partial charge is 0.146 e. The van der Waals surface area contributed by atoms with Crippen LogP contribution in [0, 0.1) is 0 Å². The van der Waals surface area contributed by atoms with Gasteiger partial charge in [0.1, 0.15) is 5.65 Å². The molecule has 0 spiro atoms. The molecule has 15 rings (SSSR count). The molecule has 0 radical (unpaired) electrons.